The van der Waals surface area contributed by atoms with Gasteiger partial charge in [-0.1, -0.05) is 30.0 Å². The maximum Gasteiger partial charge on any atom is 0.232 e. The minimum absolute atomic E-state index is 0.0703. The Morgan fingerprint density at radius 1 is 1.15 bits per heavy atom. The molecule has 7 heteroatoms. The van der Waals surface area contributed by atoms with Crippen LogP contribution in [0.25, 0.3) is 11.0 Å². The van der Waals surface area contributed by atoms with Gasteiger partial charge in [-0.05, 0) is 36.2 Å². The minimum Gasteiger partial charge on any atom is -0.493 e. The van der Waals surface area contributed by atoms with Gasteiger partial charge in [0.1, 0.15) is 0 Å². The Morgan fingerprint density at radius 2 is 1.93 bits per heavy atom. The standard InChI is InChI=1S/C20H23N3O3S/c1-23(11-10-14-8-9-17(25-2)18(12-14)26-3)19(24)13-27-20-21-15-6-4-5-7-16(15)22-20/h4-9,12H,10-11,13H2,1-3H3,(H,21,22). The van der Waals surface area contributed by atoms with Crippen molar-refractivity contribution in [3.05, 3.63) is 48.0 Å². The highest BCUT2D eigenvalue weighted by Gasteiger charge is 2.12. The summed E-state index contributed by atoms with van der Waals surface area (Å²) in [5, 5.41) is 0.762. The number of rotatable bonds is 8. The van der Waals surface area contributed by atoms with Gasteiger partial charge in [-0.15, -0.1) is 0 Å². The zero-order valence-corrected chi connectivity index (χ0v) is 16.5. The molecule has 3 aromatic rings. The Balaban J connectivity index is 1.51. The molecule has 0 aliphatic carbocycles. The van der Waals surface area contributed by atoms with Gasteiger partial charge in [0.2, 0.25) is 5.91 Å². The van der Waals surface area contributed by atoms with Gasteiger partial charge in [-0.2, -0.15) is 0 Å². The number of thioether (sulfide) groups is 1. The van der Waals surface area contributed by atoms with E-state index >= 15 is 0 Å². The van der Waals surface area contributed by atoms with E-state index in [0.29, 0.717) is 23.8 Å². The molecule has 0 aliphatic heterocycles. The number of benzene rings is 2. The molecule has 0 saturated heterocycles. The van der Waals surface area contributed by atoms with Gasteiger partial charge in [0.25, 0.3) is 0 Å². The summed E-state index contributed by atoms with van der Waals surface area (Å²) in [7, 11) is 5.05. The third-order valence-corrected chi connectivity index (χ3v) is 5.17. The Hall–Kier alpha value is -2.67. The molecule has 3 rings (SSSR count). The average molecular weight is 385 g/mol. The van der Waals surface area contributed by atoms with Gasteiger partial charge in [0.05, 0.1) is 31.0 Å². The molecule has 0 fully saturated rings. The van der Waals surface area contributed by atoms with E-state index in [0.717, 1.165) is 28.2 Å². The van der Waals surface area contributed by atoms with Crippen molar-refractivity contribution in [1.29, 1.82) is 0 Å². The second kappa shape index (κ2) is 8.81. The predicted molar refractivity (Wildman–Crippen MR) is 108 cm³/mol. The molecule has 2 aromatic carbocycles. The van der Waals surface area contributed by atoms with Gasteiger partial charge < -0.3 is 19.4 Å². The van der Waals surface area contributed by atoms with E-state index in [-0.39, 0.29) is 5.91 Å². The van der Waals surface area contributed by atoms with E-state index in [1.807, 2.05) is 49.5 Å². The molecule has 27 heavy (non-hydrogen) atoms. The maximum absolute atomic E-state index is 12.4. The number of aromatic amines is 1. The molecule has 0 aliphatic rings. The number of H-pyrrole nitrogens is 1. The number of para-hydroxylation sites is 2. The molecule has 0 saturated carbocycles. The summed E-state index contributed by atoms with van der Waals surface area (Å²) in [5.41, 5.74) is 2.99. The molecule has 0 radical (unpaired) electrons. The van der Waals surface area contributed by atoms with Gasteiger partial charge in [0, 0.05) is 13.6 Å². The average Bonchev–Trinajstić information content (AvgIpc) is 3.12. The molecule has 142 valence electrons. The van der Waals surface area contributed by atoms with E-state index < -0.39 is 0 Å². The fraction of sp³-hybridized carbons (Fsp3) is 0.300. The second-order valence-corrected chi connectivity index (χ2v) is 7.07. The number of carbonyl (C=O) groups is 1. The lowest BCUT2D eigenvalue weighted by Crippen LogP contribution is -2.30. The van der Waals surface area contributed by atoms with Crippen molar-refractivity contribution in [2.75, 3.05) is 33.6 Å². The highest BCUT2D eigenvalue weighted by atomic mass is 32.2. The van der Waals surface area contributed by atoms with Crippen LogP contribution >= 0.6 is 11.8 Å². The normalized spacial score (nSPS) is 10.8. The lowest BCUT2D eigenvalue weighted by molar-refractivity contribution is -0.127. The van der Waals surface area contributed by atoms with Crippen LogP contribution in [-0.2, 0) is 11.2 Å². The number of amides is 1. The predicted octanol–water partition coefficient (Wildman–Crippen LogP) is 3.37. The van der Waals surface area contributed by atoms with Crippen LogP contribution in [0.5, 0.6) is 11.5 Å². The number of ether oxygens (including phenoxy) is 2. The highest BCUT2D eigenvalue weighted by Crippen LogP contribution is 2.27. The number of hydrogen-bond acceptors (Lipinski definition) is 5. The number of carbonyl (C=O) groups excluding carboxylic acids is 1. The molecule has 0 spiro atoms. The third-order valence-electron chi connectivity index (χ3n) is 4.31. The summed E-state index contributed by atoms with van der Waals surface area (Å²) < 4.78 is 10.6. The molecular formula is C20H23N3O3S. The molecule has 6 nitrogen and oxygen atoms in total. The van der Waals surface area contributed by atoms with Crippen molar-refractivity contribution >= 4 is 28.7 Å². The second-order valence-electron chi connectivity index (χ2n) is 6.10. The van der Waals surface area contributed by atoms with Crippen LogP contribution in [0, 0.1) is 0 Å². The van der Waals surface area contributed by atoms with Gasteiger partial charge in [0.15, 0.2) is 16.7 Å². The van der Waals surface area contributed by atoms with Crippen LogP contribution in [0.15, 0.2) is 47.6 Å². The summed E-state index contributed by atoms with van der Waals surface area (Å²) >= 11 is 1.42. The van der Waals surface area contributed by atoms with Crippen molar-refractivity contribution in [1.82, 2.24) is 14.9 Å². The molecular weight excluding hydrogens is 362 g/mol. The number of nitrogens with zero attached hydrogens (tertiary/aromatic N) is 2. The Kier molecular flexibility index (Phi) is 6.24. The van der Waals surface area contributed by atoms with E-state index in [1.165, 1.54) is 11.8 Å². The van der Waals surface area contributed by atoms with Crippen LogP contribution in [0.2, 0.25) is 0 Å². The fourth-order valence-electron chi connectivity index (χ4n) is 2.70. The van der Waals surface area contributed by atoms with E-state index in [9.17, 15) is 4.79 Å². The largest absolute Gasteiger partial charge is 0.493 e. The summed E-state index contributed by atoms with van der Waals surface area (Å²) in [5.74, 6) is 1.82. The highest BCUT2D eigenvalue weighted by molar-refractivity contribution is 7.99. The van der Waals surface area contributed by atoms with Gasteiger partial charge in [-0.25, -0.2) is 4.98 Å². The summed E-state index contributed by atoms with van der Waals surface area (Å²) in [6.07, 6.45) is 0.748. The van der Waals surface area contributed by atoms with Crippen LogP contribution < -0.4 is 9.47 Å². The first kappa shape index (κ1) is 19.1. The fourth-order valence-corrected chi connectivity index (χ4v) is 3.52. The summed E-state index contributed by atoms with van der Waals surface area (Å²) in [6.45, 7) is 0.634. The van der Waals surface area contributed by atoms with Crippen LogP contribution in [0.3, 0.4) is 0 Å². The number of hydrogen-bond donors (Lipinski definition) is 1. The van der Waals surface area contributed by atoms with E-state index in [2.05, 4.69) is 9.97 Å². The molecule has 0 bridgehead atoms. The van der Waals surface area contributed by atoms with Crippen molar-refractivity contribution in [2.45, 2.75) is 11.6 Å². The number of aromatic nitrogens is 2. The first-order valence-electron chi connectivity index (χ1n) is 8.63. The van der Waals surface area contributed by atoms with Gasteiger partial charge in [-0.3, -0.25) is 4.79 Å². The summed E-state index contributed by atoms with van der Waals surface area (Å²) in [4.78, 5) is 21.8. The number of imidazole rings is 1. The Labute approximate surface area is 162 Å². The molecule has 1 N–H and O–H groups in total. The Bertz CT molecular complexity index is 893. The van der Waals surface area contributed by atoms with Crippen LogP contribution in [0.4, 0.5) is 0 Å². The van der Waals surface area contributed by atoms with Gasteiger partial charge >= 0.3 is 0 Å². The first-order valence-corrected chi connectivity index (χ1v) is 9.61. The lowest BCUT2D eigenvalue weighted by atomic mass is 10.1. The smallest absolute Gasteiger partial charge is 0.232 e. The van der Waals surface area contributed by atoms with E-state index in [4.69, 9.17) is 9.47 Å². The number of methoxy groups -OCH3 is 2. The molecule has 1 amide bonds. The van der Waals surface area contributed by atoms with Crippen molar-refractivity contribution < 1.29 is 14.3 Å². The number of likely N-dealkylation sites (N-methyl/N-ethyl adjacent to an activating group) is 1. The SMILES string of the molecule is COc1ccc(CCN(C)C(=O)CSc2nc3ccccc3[nH]2)cc1OC. The zero-order chi connectivity index (χ0) is 19.2. The molecule has 1 aromatic heterocycles. The topological polar surface area (TPSA) is 67.5 Å². The third kappa shape index (κ3) is 4.74. The number of nitrogens with one attached hydrogen (secondary N) is 1. The van der Waals surface area contributed by atoms with Crippen LogP contribution in [0.1, 0.15) is 5.56 Å². The first-order chi connectivity index (χ1) is 13.1. The molecule has 1 heterocycles. The maximum atomic E-state index is 12.4. The number of fused-ring (bicyclic) bond motifs is 1. The molecule has 0 atom stereocenters. The van der Waals surface area contributed by atoms with Crippen molar-refractivity contribution in [3.8, 4) is 11.5 Å². The zero-order valence-electron chi connectivity index (χ0n) is 15.7. The Morgan fingerprint density at radius 3 is 2.67 bits per heavy atom. The van der Waals surface area contributed by atoms with E-state index in [1.54, 1.807) is 19.1 Å². The quantitative estimate of drug-likeness (QED) is 0.602. The van der Waals surface area contributed by atoms with Crippen LogP contribution in [-0.4, -0.2) is 54.3 Å². The van der Waals surface area contributed by atoms with Crippen molar-refractivity contribution in [3.63, 3.8) is 0 Å². The minimum atomic E-state index is 0.0703. The lowest BCUT2D eigenvalue weighted by Gasteiger charge is -2.17. The molecule has 0 unspecified atom stereocenters. The summed E-state index contributed by atoms with van der Waals surface area (Å²) in [6, 6.07) is 13.7. The monoisotopic (exact) mass is 385 g/mol. The van der Waals surface area contributed by atoms with Crippen molar-refractivity contribution in [2.24, 2.45) is 0 Å².